The van der Waals surface area contributed by atoms with Crippen LogP contribution in [0.15, 0.2) is 382 Å². The van der Waals surface area contributed by atoms with Crippen LogP contribution in [0.1, 0.15) is 412 Å². The van der Waals surface area contributed by atoms with Gasteiger partial charge in [0.05, 0.1) is 0 Å². The number of hydrogen-bond donors (Lipinski definition) is 0. The van der Waals surface area contributed by atoms with E-state index in [1.165, 1.54) is 123 Å². The molecule has 0 N–H and O–H groups in total. The summed E-state index contributed by atoms with van der Waals surface area (Å²) >= 11 is 0. The molecule has 0 aliphatic carbocycles. The standard InChI is InChI=1S/7C15H16.C4H10.C3H8.C3H7.13C2H6.B.Y/c3*1-12(2)14-10-6-7-11-15(14)13-8-4-3-5-9-13;2*1-12(2)14-9-6-10-15(11-14)13-7-4-3-5-8-13;2*1-12(2)13-8-10-15(11-9-13)14-6-4-3-5-7-14;1-4(2)3;2*1-3-2;13*1-2;;/h7*3-12H,1-2H3;4H,1-3H3;3H2,1-2H3;3H,1-2H3;13*1-2H3;;/q;;;;;;;;;-1;;;;;;;;;;;;;;;. The van der Waals surface area contributed by atoms with Crippen molar-refractivity contribution in [1.29, 1.82) is 0 Å². The van der Waals surface area contributed by atoms with E-state index in [1.807, 2.05) is 212 Å². The van der Waals surface area contributed by atoms with Gasteiger partial charge in [-0.15, -0.1) is 0 Å². The first-order valence-corrected chi connectivity index (χ1v) is 55.3. The molecule has 4 radical (unpaired) electrons. The van der Waals surface area contributed by atoms with Crippen LogP contribution < -0.4 is 0 Å². The maximum Gasteiger partial charge on any atom is 0 e. The Morgan fingerprint density at radius 2 is 0.294 bits per heavy atom. The van der Waals surface area contributed by atoms with Crippen LogP contribution in [0.5, 0.6) is 0 Å². The van der Waals surface area contributed by atoms with Crippen molar-refractivity contribution in [2.45, 2.75) is 373 Å². The van der Waals surface area contributed by atoms with Crippen molar-refractivity contribution in [3.8, 4) is 77.9 Å². The van der Waals surface area contributed by atoms with E-state index in [-0.39, 0.29) is 41.1 Å². The molecule has 0 bridgehead atoms. The zero-order valence-electron chi connectivity index (χ0n) is 101. The van der Waals surface area contributed by atoms with Crippen LogP contribution in [0.4, 0.5) is 0 Å². The second kappa shape index (κ2) is 113. The number of rotatable bonds is 14. The molecule has 0 aromatic heterocycles. The van der Waals surface area contributed by atoms with E-state index in [4.69, 9.17) is 0 Å². The fraction of sp³-hybridized carbons (Fsp3) is 0.397. The Balaban J connectivity index is -0.000000149. The van der Waals surface area contributed by atoms with E-state index < -0.39 is 0 Å². The monoisotopic (exact) mass is 2010 g/mol. The predicted molar refractivity (Wildman–Crippen MR) is 667 cm³/mol. The van der Waals surface area contributed by atoms with Crippen molar-refractivity contribution < 1.29 is 32.7 Å². The molecule has 0 nitrogen and oxygen atoms in total. The van der Waals surface area contributed by atoms with Crippen molar-refractivity contribution in [1.82, 2.24) is 0 Å². The molecule has 0 aliphatic rings. The minimum absolute atomic E-state index is 0. The summed E-state index contributed by atoms with van der Waals surface area (Å²) in [4.78, 5) is 0. The van der Waals surface area contributed by atoms with Crippen molar-refractivity contribution in [3.05, 3.63) is 428 Å². The maximum atomic E-state index is 2.28. The zero-order chi connectivity index (χ0) is 110. The van der Waals surface area contributed by atoms with Gasteiger partial charge in [0.25, 0.3) is 0 Å². The molecule has 0 atom stereocenters. The molecular weight excluding hydrogens is 1790 g/mol. The third-order valence-electron chi connectivity index (χ3n) is 18.7. The molecule has 0 spiro atoms. The molecule has 14 aromatic rings. The minimum Gasteiger partial charge on any atom is -0.335 e. The first-order valence-electron chi connectivity index (χ1n) is 55.3. The van der Waals surface area contributed by atoms with Crippen LogP contribution in [-0.2, 0) is 32.7 Å². The van der Waals surface area contributed by atoms with Gasteiger partial charge >= 0.3 is 0 Å². The van der Waals surface area contributed by atoms with E-state index in [2.05, 4.69) is 502 Å². The minimum atomic E-state index is 0. The van der Waals surface area contributed by atoms with E-state index in [0.717, 1.165) is 5.92 Å². The first kappa shape index (κ1) is 156. The molecule has 0 saturated heterocycles. The van der Waals surface area contributed by atoms with Crippen LogP contribution >= 0.6 is 0 Å². The molecule has 143 heavy (non-hydrogen) atoms. The van der Waals surface area contributed by atoms with Gasteiger partial charge in [0.2, 0.25) is 0 Å². The number of benzene rings is 14. The van der Waals surface area contributed by atoms with E-state index >= 15 is 0 Å². The molecule has 0 heterocycles. The Labute approximate surface area is 918 Å². The Morgan fingerprint density at radius 1 is 0.161 bits per heavy atom. The molecule has 0 unspecified atom stereocenters. The molecule has 14 aromatic carbocycles. The molecule has 0 aliphatic heterocycles. The van der Waals surface area contributed by atoms with Gasteiger partial charge in [0, 0.05) is 41.1 Å². The summed E-state index contributed by atoms with van der Waals surface area (Å²) in [7, 11) is 0. The summed E-state index contributed by atoms with van der Waals surface area (Å²) in [5.41, 5.74) is 28.2. The van der Waals surface area contributed by atoms with Gasteiger partial charge in [-0.05, 0) is 164 Å². The second-order valence-corrected chi connectivity index (χ2v) is 31.9. The molecule has 786 valence electrons. The van der Waals surface area contributed by atoms with Gasteiger partial charge in [-0.25, -0.2) is 0 Å². The summed E-state index contributed by atoms with van der Waals surface area (Å²) in [5.74, 6) is 4.94. The van der Waals surface area contributed by atoms with E-state index in [1.54, 1.807) is 0 Å². The van der Waals surface area contributed by atoms with Crippen LogP contribution in [0, 0.1) is 12.3 Å². The molecule has 0 amide bonds. The first-order chi connectivity index (χ1) is 68.5. The fourth-order valence-electron chi connectivity index (χ4n) is 12.4. The van der Waals surface area contributed by atoms with Crippen LogP contribution in [0.2, 0.25) is 0 Å². The summed E-state index contributed by atoms with van der Waals surface area (Å²) in [6.07, 6.45) is 3.25. The summed E-state index contributed by atoms with van der Waals surface area (Å²) in [6.45, 7) is 98.0. The zero-order valence-corrected chi connectivity index (χ0v) is 104. The van der Waals surface area contributed by atoms with Crippen molar-refractivity contribution in [2.24, 2.45) is 5.92 Å². The van der Waals surface area contributed by atoms with Crippen molar-refractivity contribution in [2.75, 3.05) is 0 Å². The average Bonchev–Trinajstić information content (AvgIpc) is 0.839. The van der Waals surface area contributed by atoms with Crippen LogP contribution in [0.3, 0.4) is 0 Å². The predicted octanol–water partition coefficient (Wildman–Crippen LogP) is 48.6. The maximum absolute atomic E-state index is 2.28. The molecule has 14 rings (SSSR count). The van der Waals surface area contributed by atoms with E-state index in [9.17, 15) is 0 Å². The van der Waals surface area contributed by atoms with Gasteiger partial charge in [-0.1, -0.05) is 700 Å². The Kier molecular flexibility index (Phi) is 123. The van der Waals surface area contributed by atoms with Gasteiger partial charge in [-0.2, -0.15) is 13.8 Å². The topological polar surface area (TPSA) is 0 Å². The smallest absolute Gasteiger partial charge is 0 e. The normalized spacial score (nSPS) is 8.83. The molecule has 2 heteroatoms. The SMILES string of the molecule is CC.CC.CC.CC.CC.CC.CC.CC.CC.CC.CC.CC.CC.CC(C)C.CC(C)c1ccc(-c2ccccc2)cc1.CC(C)c1ccc(-c2ccccc2)cc1.CC(C)c1cccc(-c2ccccc2)c1.CC(C)c1cccc(-c2ccccc2)c1.CC(C)c1ccccc1-c1ccccc1.CC(C)c1ccccc1-c1ccccc1.CC(C)c1ccccc1-c1ccccc1.CCC.C[CH-]C.[B].[Y]. The third kappa shape index (κ3) is 73.1. The van der Waals surface area contributed by atoms with Gasteiger partial charge in [0.1, 0.15) is 0 Å². The van der Waals surface area contributed by atoms with Gasteiger partial charge < -0.3 is 6.42 Å². The third-order valence-corrected chi connectivity index (χ3v) is 18.7. The van der Waals surface area contributed by atoms with Crippen LogP contribution in [-0.4, -0.2) is 8.41 Å². The van der Waals surface area contributed by atoms with Crippen LogP contribution in [0.25, 0.3) is 77.9 Å². The van der Waals surface area contributed by atoms with Crippen molar-refractivity contribution in [3.63, 3.8) is 0 Å². The Hall–Kier alpha value is -9.75. The second-order valence-electron chi connectivity index (χ2n) is 31.9. The fourth-order valence-corrected chi connectivity index (χ4v) is 12.4. The average molecular weight is 2010 g/mol. The molecular formula is C141H215BY-. The summed E-state index contributed by atoms with van der Waals surface area (Å²) in [6, 6.07) is 135. The summed E-state index contributed by atoms with van der Waals surface area (Å²) in [5, 5.41) is 0. The van der Waals surface area contributed by atoms with Crippen molar-refractivity contribution >= 4 is 8.41 Å². The van der Waals surface area contributed by atoms with Gasteiger partial charge in [-0.3, -0.25) is 0 Å². The molecule has 0 saturated carbocycles. The van der Waals surface area contributed by atoms with Gasteiger partial charge in [0.15, 0.2) is 0 Å². The summed E-state index contributed by atoms with van der Waals surface area (Å²) < 4.78 is 0. The number of hydrogen-bond acceptors (Lipinski definition) is 0. The van der Waals surface area contributed by atoms with E-state index in [0.29, 0.717) is 41.4 Å². The quantitative estimate of drug-likeness (QED) is 0.0752. The Bertz CT molecular complexity index is 4390. The largest absolute Gasteiger partial charge is 0.335 e. The Morgan fingerprint density at radius 3 is 0.455 bits per heavy atom. The molecule has 0 fully saturated rings.